The quantitative estimate of drug-likeness (QED) is 0.684. The molecule has 0 unspecified atom stereocenters. The normalized spacial score (nSPS) is 12.1. The van der Waals surface area contributed by atoms with E-state index < -0.39 is 17.7 Å². The van der Waals surface area contributed by atoms with Gasteiger partial charge in [-0.05, 0) is 44.0 Å². The van der Waals surface area contributed by atoms with Crippen molar-refractivity contribution in [2.45, 2.75) is 26.9 Å². The number of ether oxygens (including phenoxy) is 1. The van der Waals surface area contributed by atoms with Gasteiger partial charge in [0.25, 0.3) is 0 Å². The summed E-state index contributed by atoms with van der Waals surface area (Å²) in [4.78, 5) is 23.5. The summed E-state index contributed by atoms with van der Waals surface area (Å²) in [6, 6.07) is 12.0. The zero-order valence-electron chi connectivity index (χ0n) is 14.2. The van der Waals surface area contributed by atoms with Crippen LogP contribution in [0.1, 0.15) is 28.4 Å². The van der Waals surface area contributed by atoms with Gasteiger partial charge in [0.15, 0.2) is 6.10 Å². The van der Waals surface area contributed by atoms with Crippen molar-refractivity contribution >= 4 is 16.9 Å². The molecule has 1 aromatic heterocycles. The first-order chi connectivity index (χ1) is 11.9. The Morgan fingerprint density at radius 1 is 1.00 bits per heavy atom. The van der Waals surface area contributed by atoms with Gasteiger partial charge in [-0.3, -0.25) is 0 Å². The molecule has 2 aromatic carbocycles. The SMILES string of the molecule is Cc1c(C)c2ccc(O[C@H](C(=O)[O-])c3ccccc3)c(C)c2oc1=O. The van der Waals surface area contributed by atoms with Gasteiger partial charge >= 0.3 is 5.63 Å². The maximum Gasteiger partial charge on any atom is 0.339 e. The Labute approximate surface area is 144 Å². The van der Waals surface area contributed by atoms with Gasteiger partial charge in [-0.15, -0.1) is 0 Å². The number of carbonyl (C=O) groups is 1. The van der Waals surface area contributed by atoms with E-state index in [4.69, 9.17) is 9.15 Å². The van der Waals surface area contributed by atoms with Crippen LogP contribution in [-0.2, 0) is 4.79 Å². The Morgan fingerprint density at radius 3 is 2.32 bits per heavy atom. The van der Waals surface area contributed by atoms with Crippen LogP contribution in [0.25, 0.3) is 11.0 Å². The summed E-state index contributed by atoms with van der Waals surface area (Å²) >= 11 is 0. The summed E-state index contributed by atoms with van der Waals surface area (Å²) < 4.78 is 11.1. The molecule has 0 amide bonds. The first-order valence-corrected chi connectivity index (χ1v) is 7.86. The Morgan fingerprint density at radius 2 is 1.68 bits per heavy atom. The zero-order chi connectivity index (χ0) is 18.1. The number of rotatable bonds is 4. The van der Waals surface area contributed by atoms with Gasteiger partial charge in [0.1, 0.15) is 11.3 Å². The van der Waals surface area contributed by atoms with Crippen LogP contribution in [0.5, 0.6) is 5.75 Å². The molecule has 128 valence electrons. The Hall–Kier alpha value is -3.08. The monoisotopic (exact) mass is 337 g/mol. The molecule has 0 fully saturated rings. The third-order valence-corrected chi connectivity index (χ3v) is 4.38. The molecule has 0 bridgehead atoms. The van der Waals surface area contributed by atoms with Crippen molar-refractivity contribution in [2.24, 2.45) is 0 Å². The largest absolute Gasteiger partial charge is 0.546 e. The Balaban J connectivity index is 2.10. The number of aryl methyl sites for hydroxylation is 2. The lowest BCUT2D eigenvalue weighted by atomic mass is 10.0. The molecule has 0 saturated carbocycles. The summed E-state index contributed by atoms with van der Waals surface area (Å²) in [6.07, 6.45) is -1.25. The predicted octanol–water partition coefficient (Wildman–Crippen LogP) is 2.59. The maximum atomic E-state index is 12.0. The van der Waals surface area contributed by atoms with Crippen LogP contribution in [0.3, 0.4) is 0 Å². The summed E-state index contributed by atoms with van der Waals surface area (Å²) in [5.41, 5.74) is 2.42. The molecule has 3 aromatic rings. The molecule has 1 heterocycles. The predicted molar refractivity (Wildman–Crippen MR) is 91.5 cm³/mol. The molecule has 0 N–H and O–H groups in total. The molecular weight excluding hydrogens is 320 g/mol. The molecule has 0 aliphatic heterocycles. The van der Waals surface area contributed by atoms with Crippen LogP contribution in [0, 0.1) is 20.8 Å². The van der Waals surface area contributed by atoms with Crippen molar-refractivity contribution in [3.05, 3.63) is 75.1 Å². The number of benzene rings is 2. The van der Waals surface area contributed by atoms with E-state index in [-0.39, 0.29) is 0 Å². The summed E-state index contributed by atoms with van der Waals surface area (Å²) in [6.45, 7) is 5.29. The van der Waals surface area contributed by atoms with E-state index in [2.05, 4.69) is 0 Å². The van der Waals surface area contributed by atoms with Gasteiger partial charge in [0.2, 0.25) is 0 Å². The van der Waals surface area contributed by atoms with E-state index in [9.17, 15) is 14.7 Å². The van der Waals surface area contributed by atoms with Crippen molar-refractivity contribution < 1.29 is 19.1 Å². The van der Waals surface area contributed by atoms with Crippen molar-refractivity contribution in [1.29, 1.82) is 0 Å². The molecule has 0 aliphatic carbocycles. The minimum Gasteiger partial charge on any atom is -0.546 e. The fourth-order valence-corrected chi connectivity index (χ4v) is 2.76. The molecule has 0 radical (unpaired) electrons. The number of hydrogen-bond acceptors (Lipinski definition) is 5. The highest BCUT2D eigenvalue weighted by Crippen LogP contribution is 2.32. The molecule has 0 saturated heterocycles. The van der Waals surface area contributed by atoms with Crippen molar-refractivity contribution in [3.63, 3.8) is 0 Å². The van der Waals surface area contributed by atoms with Crippen LogP contribution >= 0.6 is 0 Å². The first kappa shape index (κ1) is 16.8. The number of aliphatic carboxylic acids is 1. The minimum absolute atomic E-state index is 0.331. The number of carbonyl (C=O) groups excluding carboxylic acids is 1. The minimum atomic E-state index is -1.34. The lowest BCUT2D eigenvalue weighted by Gasteiger charge is -2.22. The number of hydrogen-bond donors (Lipinski definition) is 0. The second kappa shape index (κ2) is 6.43. The van der Waals surface area contributed by atoms with E-state index in [0.717, 1.165) is 10.9 Å². The summed E-state index contributed by atoms with van der Waals surface area (Å²) in [5, 5.41) is 12.3. The molecule has 0 spiro atoms. The highest BCUT2D eigenvalue weighted by Gasteiger charge is 2.18. The zero-order valence-corrected chi connectivity index (χ0v) is 14.2. The van der Waals surface area contributed by atoms with E-state index in [0.29, 0.717) is 28.0 Å². The molecule has 5 nitrogen and oxygen atoms in total. The topological polar surface area (TPSA) is 79.6 Å². The van der Waals surface area contributed by atoms with Gasteiger partial charge in [-0.2, -0.15) is 0 Å². The van der Waals surface area contributed by atoms with Crippen LogP contribution in [-0.4, -0.2) is 5.97 Å². The van der Waals surface area contributed by atoms with E-state index in [1.165, 1.54) is 0 Å². The van der Waals surface area contributed by atoms with Crippen LogP contribution in [0.4, 0.5) is 0 Å². The Bertz CT molecular complexity index is 1000. The van der Waals surface area contributed by atoms with Gasteiger partial charge in [-0.1, -0.05) is 30.3 Å². The number of carboxylic acid groups (broad SMARTS) is 1. The van der Waals surface area contributed by atoms with Crippen LogP contribution < -0.4 is 15.5 Å². The third-order valence-electron chi connectivity index (χ3n) is 4.38. The molecule has 1 atom stereocenters. The standard InChI is InChI=1S/C20H18O5/c1-11-12(2)20(23)25-17-13(3)16(10-9-15(11)17)24-18(19(21)22)14-7-5-4-6-8-14/h4-10,18H,1-3H3,(H,21,22)/p-1/t18-/m0/s1. The second-order valence-corrected chi connectivity index (χ2v) is 5.93. The van der Waals surface area contributed by atoms with E-state index >= 15 is 0 Å². The van der Waals surface area contributed by atoms with Crippen LogP contribution in [0.2, 0.25) is 0 Å². The maximum absolute atomic E-state index is 12.0. The molecule has 5 heteroatoms. The number of fused-ring (bicyclic) bond motifs is 1. The first-order valence-electron chi connectivity index (χ1n) is 7.86. The van der Waals surface area contributed by atoms with Crippen molar-refractivity contribution in [2.75, 3.05) is 0 Å². The average molecular weight is 337 g/mol. The van der Waals surface area contributed by atoms with Gasteiger partial charge in [0, 0.05) is 16.5 Å². The molecule has 0 aliphatic rings. The van der Waals surface area contributed by atoms with Gasteiger partial charge in [0.05, 0.1) is 5.97 Å². The average Bonchev–Trinajstić information content (AvgIpc) is 2.60. The smallest absolute Gasteiger partial charge is 0.339 e. The summed E-state index contributed by atoms with van der Waals surface area (Å²) in [5.74, 6) is -1.01. The van der Waals surface area contributed by atoms with Gasteiger partial charge < -0.3 is 19.1 Å². The molecular formula is C20H17O5-. The van der Waals surface area contributed by atoms with E-state index in [1.54, 1.807) is 56.3 Å². The molecule has 3 rings (SSSR count). The fraction of sp³-hybridized carbons (Fsp3) is 0.200. The summed E-state index contributed by atoms with van der Waals surface area (Å²) in [7, 11) is 0. The lowest BCUT2D eigenvalue weighted by Crippen LogP contribution is -2.33. The van der Waals surface area contributed by atoms with Crippen molar-refractivity contribution in [3.8, 4) is 5.75 Å². The highest BCUT2D eigenvalue weighted by molar-refractivity contribution is 5.85. The second-order valence-electron chi connectivity index (χ2n) is 5.93. The lowest BCUT2D eigenvalue weighted by molar-refractivity contribution is -0.314. The fourth-order valence-electron chi connectivity index (χ4n) is 2.76. The van der Waals surface area contributed by atoms with E-state index in [1.807, 2.05) is 6.92 Å². The van der Waals surface area contributed by atoms with Crippen molar-refractivity contribution in [1.82, 2.24) is 0 Å². The molecule has 25 heavy (non-hydrogen) atoms. The number of carboxylic acids is 1. The van der Waals surface area contributed by atoms with Crippen LogP contribution in [0.15, 0.2) is 51.7 Å². The highest BCUT2D eigenvalue weighted by atomic mass is 16.5. The Kier molecular flexibility index (Phi) is 4.31. The third kappa shape index (κ3) is 3.01. The van der Waals surface area contributed by atoms with Gasteiger partial charge in [-0.25, -0.2) is 4.79 Å².